The van der Waals surface area contributed by atoms with E-state index in [1.165, 1.54) is 0 Å². The van der Waals surface area contributed by atoms with Crippen LogP contribution in [0.4, 0.5) is 0 Å². The molecule has 0 unspecified atom stereocenters. The van der Waals surface area contributed by atoms with Gasteiger partial charge in [0.15, 0.2) is 0 Å². The van der Waals surface area contributed by atoms with Crippen LogP contribution in [0.3, 0.4) is 0 Å². The number of carbonyl (C=O) groups excluding carboxylic acids is 1. The summed E-state index contributed by atoms with van der Waals surface area (Å²) in [7, 11) is 0. The third kappa shape index (κ3) is 3.05. The van der Waals surface area contributed by atoms with E-state index in [9.17, 15) is 4.79 Å². The molecule has 2 rings (SSSR count). The van der Waals surface area contributed by atoms with Crippen molar-refractivity contribution in [2.24, 2.45) is 5.84 Å². The maximum atomic E-state index is 10.9. The van der Waals surface area contributed by atoms with Crippen molar-refractivity contribution in [3.63, 3.8) is 0 Å². The zero-order valence-electron chi connectivity index (χ0n) is 9.61. The highest BCUT2D eigenvalue weighted by Gasteiger charge is 2.04. The highest BCUT2D eigenvalue weighted by Crippen LogP contribution is 2.08. The Morgan fingerprint density at radius 2 is 2.17 bits per heavy atom. The number of hydrogen-bond donors (Lipinski definition) is 2. The third-order valence-corrected chi connectivity index (χ3v) is 2.21. The molecule has 0 aliphatic carbocycles. The number of hydrogen-bond acceptors (Lipinski definition) is 5. The van der Waals surface area contributed by atoms with E-state index in [2.05, 4.69) is 10.1 Å². The number of hydrazine groups is 1. The number of para-hydroxylation sites is 1. The van der Waals surface area contributed by atoms with Gasteiger partial charge in [0.2, 0.25) is 5.91 Å². The van der Waals surface area contributed by atoms with Crippen molar-refractivity contribution in [3.05, 3.63) is 36.7 Å². The summed E-state index contributed by atoms with van der Waals surface area (Å²) in [6.07, 6.45) is 1.71. The molecule has 2 aromatic rings. The lowest BCUT2D eigenvalue weighted by molar-refractivity contribution is -0.121. The molecule has 0 saturated heterocycles. The normalized spacial score (nSPS) is 10.1. The molecule has 94 valence electrons. The van der Waals surface area contributed by atoms with E-state index < -0.39 is 0 Å². The molecule has 0 atom stereocenters. The van der Waals surface area contributed by atoms with Crippen molar-refractivity contribution in [1.29, 1.82) is 0 Å². The minimum absolute atomic E-state index is 0.163. The third-order valence-electron chi connectivity index (χ3n) is 2.21. The number of ether oxygens (including phenoxy) is 1. The fourth-order valence-corrected chi connectivity index (χ4v) is 1.33. The van der Waals surface area contributed by atoms with Crippen LogP contribution in [0.2, 0.25) is 0 Å². The van der Waals surface area contributed by atoms with Crippen molar-refractivity contribution in [2.75, 3.05) is 6.61 Å². The average Bonchev–Trinajstić information content (AvgIpc) is 2.88. The second-order valence-electron chi connectivity index (χ2n) is 3.47. The molecule has 0 saturated carbocycles. The van der Waals surface area contributed by atoms with Gasteiger partial charge in [-0.15, -0.1) is 5.10 Å². The van der Waals surface area contributed by atoms with Crippen LogP contribution in [0.25, 0.3) is 5.69 Å². The molecule has 7 nitrogen and oxygen atoms in total. The van der Waals surface area contributed by atoms with Gasteiger partial charge in [0, 0.05) is 0 Å². The predicted octanol–water partition coefficient (Wildman–Crippen LogP) is 0.0261. The van der Waals surface area contributed by atoms with Crippen LogP contribution in [0, 0.1) is 0 Å². The van der Waals surface area contributed by atoms with Crippen molar-refractivity contribution >= 4 is 5.91 Å². The minimum atomic E-state index is -0.294. The molecule has 0 fully saturated rings. The Hall–Kier alpha value is -2.41. The fourth-order valence-electron chi connectivity index (χ4n) is 1.33. The van der Waals surface area contributed by atoms with Crippen molar-refractivity contribution in [1.82, 2.24) is 20.2 Å². The van der Waals surface area contributed by atoms with E-state index in [-0.39, 0.29) is 24.9 Å². The second-order valence-corrected chi connectivity index (χ2v) is 3.47. The number of carbonyl (C=O) groups is 1. The van der Waals surface area contributed by atoms with Gasteiger partial charge in [-0.05, 0) is 12.1 Å². The van der Waals surface area contributed by atoms with Crippen LogP contribution in [0.5, 0.6) is 6.01 Å². The predicted molar refractivity (Wildman–Crippen MR) is 63.8 cm³/mol. The lowest BCUT2D eigenvalue weighted by Gasteiger charge is -2.00. The first-order chi connectivity index (χ1) is 8.79. The number of benzene rings is 1. The number of nitrogens with zero attached hydrogens (tertiary/aromatic N) is 3. The molecule has 0 spiro atoms. The Morgan fingerprint density at radius 1 is 1.39 bits per heavy atom. The summed E-state index contributed by atoms with van der Waals surface area (Å²) in [6.45, 7) is 0.182. The standard InChI is InChI=1S/C11H13N5O2/c12-14-10(17)6-7-18-11-13-8-16(15-11)9-4-2-1-3-5-9/h1-5,8H,6-7,12H2,(H,14,17). The number of amides is 1. The zero-order valence-corrected chi connectivity index (χ0v) is 9.61. The van der Waals surface area contributed by atoms with Crippen LogP contribution in [-0.2, 0) is 4.79 Å². The second kappa shape index (κ2) is 5.78. The zero-order chi connectivity index (χ0) is 12.8. The number of nitrogens with two attached hydrogens (primary N) is 1. The molecule has 1 aromatic heterocycles. The van der Waals surface area contributed by atoms with E-state index in [1.807, 2.05) is 35.8 Å². The Balaban J connectivity index is 1.93. The van der Waals surface area contributed by atoms with Gasteiger partial charge in [-0.25, -0.2) is 10.5 Å². The molecule has 3 N–H and O–H groups in total. The lowest BCUT2D eigenvalue weighted by Crippen LogP contribution is -2.31. The summed E-state index contributed by atoms with van der Waals surface area (Å²) < 4.78 is 6.82. The van der Waals surface area contributed by atoms with Crippen molar-refractivity contribution in [3.8, 4) is 11.7 Å². The molecule has 7 heteroatoms. The Morgan fingerprint density at radius 3 is 2.89 bits per heavy atom. The first kappa shape index (κ1) is 12.1. The maximum absolute atomic E-state index is 10.9. The van der Waals surface area contributed by atoms with Gasteiger partial charge >= 0.3 is 6.01 Å². The summed E-state index contributed by atoms with van der Waals surface area (Å²) in [5, 5.41) is 4.12. The highest BCUT2D eigenvalue weighted by molar-refractivity contribution is 5.75. The molecule has 0 bridgehead atoms. The Kier molecular flexibility index (Phi) is 3.87. The molecule has 1 amide bonds. The van der Waals surface area contributed by atoms with E-state index in [0.29, 0.717) is 0 Å². The van der Waals surface area contributed by atoms with Gasteiger partial charge in [0.05, 0.1) is 12.1 Å². The van der Waals surface area contributed by atoms with E-state index in [1.54, 1.807) is 11.0 Å². The Bertz CT molecular complexity index is 511. The monoisotopic (exact) mass is 247 g/mol. The van der Waals surface area contributed by atoms with E-state index in [4.69, 9.17) is 10.6 Å². The van der Waals surface area contributed by atoms with Gasteiger partial charge in [-0.2, -0.15) is 4.98 Å². The minimum Gasteiger partial charge on any atom is -0.462 e. The van der Waals surface area contributed by atoms with Gasteiger partial charge in [0.1, 0.15) is 12.9 Å². The quantitative estimate of drug-likeness (QED) is 0.441. The molecule has 0 aliphatic heterocycles. The molecule has 1 aromatic carbocycles. The summed E-state index contributed by atoms with van der Waals surface area (Å²) >= 11 is 0. The smallest absolute Gasteiger partial charge is 0.335 e. The Labute approximate surface area is 104 Å². The van der Waals surface area contributed by atoms with Crippen LogP contribution < -0.4 is 16.0 Å². The number of nitrogens with one attached hydrogen (secondary N) is 1. The summed E-state index contributed by atoms with van der Waals surface area (Å²) in [6, 6.07) is 9.76. The van der Waals surface area contributed by atoms with Crippen LogP contribution >= 0.6 is 0 Å². The highest BCUT2D eigenvalue weighted by atomic mass is 16.5. The van der Waals surface area contributed by atoms with Gasteiger partial charge < -0.3 is 4.74 Å². The van der Waals surface area contributed by atoms with E-state index in [0.717, 1.165) is 5.69 Å². The molecule has 18 heavy (non-hydrogen) atoms. The topological polar surface area (TPSA) is 95.1 Å². The summed E-state index contributed by atoms with van der Waals surface area (Å²) in [4.78, 5) is 14.8. The largest absolute Gasteiger partial charge is 0.462 e. The summed E-state index contributed by atoms with van der Waals surface area (Å²) in [5.41, 5.74) is 2.91. The maximum Gasteiger partial charge on any atom is 0.335 e. The molecular formula is C11H13N5O2. The number of rotatable bonds is 5. The van der Waals surface area contributed by atoms with Gasteiger partial charge in [-0.1, -0.05) is 18.2 Å². The molecule has 1 heterocycles. The molecule has 0 radical (unpaired) electrons. The van der Waals surface area contributed by atoms with Crippen LogP contribution in [0.15, 0.2) is 36.7 Å². The molecule has 0 aliphatic rings. The van der Waals surface area contributed by atoms with Gasteiger partial charge in [-0.3, -0.25) is 10.2 Å². The fraction of sp³-hybridized carbons (Fsp3) is 0.182. The van der Waals surface area contributed by atoms with Crippen molar-refractivity contribution in [2.45, 2.75) is 6.42 Å². The van der Waals surface area contributed by atoms with Gasteiger partial charge in [0.25, 0.3) is 0 Å². The molecular weight excluding hydrogens is 234 g/mol. The number of aromatic nitrogens is 3. The van der Waals surface area contributed by atoms with E-state index >= 15 is 0 Å². The first-order valence-corrected chi connectivity index (χ1v) is 5.39. The summed E-state index contributed by atoms with van der Waals surface area (Å²) in [5.74, 6) is 4.65. The first-order valence-electron chi connectivity index (χ1n) is 5.39. The van der Waals surface area contributed by atoms with Crippen molar-refractivity contribution < 1.29 is 9.53 Å². The van der Waals surface area contributed by atoms with Crippen LogP contribution in [0.1, 0.15) is 6.42 Å². The van der Waals surface area contributed by atoms with Crippen LogP contribution in [-0.4, -0.2) is 27.3 Å². The SMILES string of the molecule is NNC(=O)CCOc1ncn(-c2ccccc2)n1. The average molecular weight is 247 g/mol. The lowest BCUT2D eigenvalue weighted by atomic mass is 10.3.